The summed E-state index contributed by atoms with van der Waals surface area (Å²) in [6.07, 6.45) is 9.03. The van der Waals surface area contributed by atoms with Crippen LogP contribution in [-0.4, -0.2) is 5.91 Å². The highest BCUT2D eigenvalue weighted by Crippen LogP contribution is 1.88. The van der Waals surface area contributed by atoms with Gasteiger partial charge in [0.15, 0.2) is 0 Å². The number of amides is 1. The second kappa shape index (κ2) is 7.02. The van der Waals surface area contributed by atoms with Crippen molar-refractivity contribution in [1.29, 1.82) is 0 Å². The highest BCUT2D eigenvalue weighted by atomic mass is 16.2. The van der Waals surface area contributed by atoms with E-state index in [9.17, 15) is 4.79 Å². The van der Waals surface area contributed by atoms with Crippen LogP contribution in [0.4, 0.5) is 0 Å². The molecule has 3 N–H and O–H groups in total. The molecule has 0 radical (unpaired) electrons. The number of hydrogen-bond acceptors (Lipinski definition) is 2. The summed E-state index contributed by atoms with van der Waals surface area (Å²) in [5.41, 5.74) is 2.00. The Hall–Kier alpha value is -1.09. The van der Waals surface area contributed by atoms with E-state index in [1.54, 1.807) is 6.08 Å². The van der Waals surface area contributed by atoms with E-state index in [2.05, 4.69) is 6.92 Å². The minimum atomic E-state index is -0.286. The number of carbonyl (C=O) groups is 1. The minimum Gasteiger partial charge on any atom is -0.291 e. The first kappa shape index (κ1) is 9.91. The first-order valence-electron chi connectivity index (χ1n) is 3.65. The summed E-state index contributed by atoms with van der Waals surface area (Å²) < 4.78 is 0. The standard InChI is InChI=1S/C8H14N2O/c1-2-3-4-5-6-7-8(11)10-9/h4-7H,2-3,9H2,1H3,(H,10,11)/b5-4+,7-6+. The number of allylic oxidation sites excluding steroid dienone is 3. The van der Waals surface area contributed by atoms with Crippen molar-refractivity contribution in [2.75, 3.05) is 0 Å². The zero-order valence-corrected chi connectivity index (χ0v) is 6.71. The van der Waals surface area contributed by atoms with Gasteiger partial charge >= 0.3 is 0 Å². The largest absolute Gasteiger partial charge is 0.291 e. The molecule has 0 saturated heterocycles. The van der Waals surface area contributed by atoms with Crippen LogP contribution in [0, 0.1) is 0 Å². The third-order valence-electron chi connectivity index (χ3n) is 1.09. The molecule has 0 bridgehead atoms. The minimum absolute atomic E-state index is 0.286. The topological polar surface area (TPSA) is 55.1 Å². The third kappa shape index (κ3) is 6.80. The molecule has 0 aliphatic rings. The predicted octanol–water partition coefficient (Wildman–Crippen LogP) is 0.889. The summed E-state index contributed by atoms with van der Waals surface area (Å²) in [4.78, 5) is 10.5. The fourth-order valence-electron chi connectivity index (χ4n) is 0.533. The van der Waals surface area contributed by atoms with Crippen molar-refractivity contribution >= 4 is 5.91 Å². The van der Waals surface area contributed by atoms with Gasteiger partial charge in [0.2, 0.25) is 0 Å². The molecule has 0 aliphatic carbocycles. The van der Waals surface area contributed by atoms with Crippen LogP contribution in [0.15, 0.2) is 24.3 Å². The van der Waals surface area contributed by atoms with E-state index in [-0.39, 0.29) is 5.91 Å². The van der Waals surface area contributed by atoms with Crippen molar-refractivity contribution in [2.45, 2.75) is 19.8 Å². The summed E-state index contributed by atoms with van der Waals surface area (Å²) >= 11 is 0. The lowest BCUT2D eigenvalue weighted by molar-refractivity contribution is -0.116. The average molecular weight is 154 g/mol. The van der Waals surface area contributed by atoms with Gasteiger partial charge in [-0.3, -0.25) is 10.2 Å². The number of hydrazine groups is 1. The lowest BCUT2D eigenvalue weighted by Crippen LogP contribution is -2.27. The van der Waals surface area contributed by atoms with Gasteiger partial charge in [0.05, 0.1) is 0 Å². The molecule has 0 aliphatic heterocycles. The highest BCUT2D eigenvalue weighted by Gasteiger charge is 1.83. The molecule has 11 heavy (non-hydrogen) atoms. The van der Waals surface area contributed by atoms with Gasteiger partial charge in [0, 0.05) is 6.08 Å². The summed E-state index contributed by atoms with van der Waals surface area (Å²) in [6, 6.07) is 0. The van der Waals surface area contributed by atoms with Gasteiger partial charge in [-0.2, -0.15) is 0 Å². The number of rotatable bonds is 4. The normalized spacial score (nSPS) is 11.1. The SMILES string of the molecule is CCC/C=C/C=C/C(=O)NN. The van der Waals surface area contributed by atoms with Gasteiger partial charge < -0.3 is 0 Å². The van der Waals surface area contributed by atoms with Crippen molar-refractivity contribution in [1.82, 2.24) is 5.43 Å². The van der Waals surface area contributed by atoms with Crippen LogP contribution < -0.4 is 11.3 Å². The van der Waals surface area contributed by atoms with E-state index in [1.165, 1.54) is 6.08 Å². The lowest BCUT2D eigenvalue weighted by atomic mass is 10.3. The smallest absolute Gasteiger partial charge is 0.257 e. The van der Waals surface area contributed by atoms with Gasteiger partial charge in [0.25, 0.3) is 5.91 Å². The maximum atomic E-state index is 10.5. The zero-order chi connectivity index (χ0) is 8.53. The predicted molar refractivity (Wildman–Crippen MR) is 45.5 cm³/mol. The van der Waals surface area contributed by atoms with Gasteiger partial charge in [-0.25, -0.2) is 5.84 Å². The third-order valence-corrected chi connectivity index (χ3v) is 1.09. The van der Waals surface area contributed by atoms with E-state index < -0.39 is 0 Å². The fraction of sp³-hybridized carbons (Fsp3) is 0.375. The molecule has 0 aromatic rings. The van der Waals surface area contributed by atoms with E-state index in [0.717, 1.165) is 12.8 Å². The average Bonchev–Trinajstić information content (AvgIpc) is 2.04. The first-order valence-corrected chi connectivity index (χ1v) is 3.65. The van der Waals surface area contributed by atoms with E-state index in [0.29, 0.717) is 0 Å². The van der Waals surface area contributed by atoms with Gasteiger partial charge in [-0.05, 0) is 6.42 Å². The second-order valence-electron chi connectivity index (χ2n) is 2.08. The highest BCUT2D eigenvalue weighted by molar-refractivity contribution is 5.87. The lowest BCUT2D eigenvalue weighted by Gasteiger charge is -1.86. The number of nitrogens with one attached hydrogen (secondary N) is 1. The van der Waals surface area contributed by atoms with Gasteiger partial charge in [0.1, 0.15) is 0 Å². The second-order valence-corrected chi connectivity index (χ2v) is 2.08. The van der Waals surface area contributed by atoms with Crippen LogP contribution in [0.3, 0.4) is 0 Å². The molecule has 0 unspecified atom stereocenters. The summed E-state index contributed by atoms with van der Waals surface area (Å²) in [6.45, 7) is 2.10. The number of nitrogens with two attached hydrogens (primary N) is 1. The van der Waals surface area contributed by atoms with Crippen LogP contribution in [-0.2, 0) is 4.79 Å². The summed E-state index contributed by atoms with van der Waals surface area (Å²) in [5, 5.41) is 0. The molecule has 0 saturated carbocycles. The van der Waals surface area contributed by atoms with E-state index in [4.69, 9.17) is 5.84 Å². The fourth-order valence-corrected chi connectivity index (χ4v) is 0.533. The summed E-state index contributed by atoms with van der Waals surface area (Å²) in [5.74, 6) is 4.55. The van der Waals surface area contributed by atoms with Crippen molar-refractivity contribution in [3.8, 4) is 0 Å². The zero-order valence-electron chi connectivity index (χ0n) is 6.71. The molecule has 1 amide bonds. The molecule has 3 heteroatoms. The molecule has 0 aromatic heterocycles. The number of carbonyl (C=O) groups excluding carboxylic acids is 1. The molecule has 0 heterocycles. The van der Waals surface area contributed by atoms with Crippen LogP contribution in [0.5, 0.6) is 0 Å². The molecule has 62 valence electrons. The molecule has 0 spiro atoms. The number of hydrogen-bond donors (Lipinski definition) is 2. The Morgan fingerprint density at radius 2 is 2.27 bits per heavy atom. The Balaban J connectivity index is 3.50. The monoisotopic (exact) mass is 154 g/mol. The van der Waals surface area contributed by atoms with Crippen molar-refractivity contribution in [3.63, 3.8) is 0 Å². The van der Waals surface area contributed by atoms with Crippen molar-refractivity contribution < 1.29 is 4.79 Å². The summed E-state index contributed by atoms with van der Waals surface area (Å²) in [7, 11) is 0. The first-order chi connectivity index (χ1) is 5.31. The molecule has 0 aromatic carbocycles. The maximum Gasteiger partial charge on any atom is 0.257 e. The van der Waals surface area contributed by atoms with Crippen LogP contribution >= 0.6 is 0 Å². The maximum absolute atomic E-state index is 10.5. The Kier molecular flexibility index (Phi) is 6.33. The quantitative estimate of drug-likeness (QED) is 0.208. The van der Waals surface area contributed by atoms with E-state index in [1.807, 2.05) is 17.6 Å². The molecular formula is C8H14N2O. The molecule has 0 fully saturated rings. The Morgan fingerprint density at radius 3 is 2.82 bits per heavy atom. The van der Waals surface area contributed by atoms with Gasteiger partial charge in [-0.15, -0.1) is 0 Å². The van der Waals surface area contributed by atoms with Gasteiger partial charge in [-0.1, -0.05) is 31.6 Å². The Bertz CT molecular complexity index is 161. The Morgan fingerprint density at radius 1 is 1.55 bits per heavy atom. The molecule has 3 nitrogen and oxygen atoms in total. The van der Waals surface area contributed by atoms with Crippen LogP contribution in [0.25, 0.3) is 0 Å². The van der Waals surface area contributed by atoms with E-state index >= 15 is 0 Å². The molecule has 0 rings (SSSR count). The molecular weight excluding hydrogens is 140 g/mol. The Labute approximate surface area is 66.9 Å². The molecule has 0 atom stereocenters. The van der Waals surface area contributed by atoms with Crippen molar-refractivity contribution in [2.24, 2.45) is 5.84 Å². The number of unbranched alkanes of at least 4 members (excludes halogenated alkanes) is 1. The van der Waals surface area contributed by atoms with Crippen molar-refractivity contribution in [3.05, 3.63) is 24.3 Å². The van der Waals surface area contributed by atoms with Crippen LogP contribution in [0.2, 0.25) is 0 Å². The van der Waals surface area contributed by atoms with Crippen LogP contribution in [0.1, 0.15) is 19.8 Å².